The van der Waals surface area contributed by atoms with E-state index in [1.165, 1.54) is 12.8 Å². The van der Waals surface area contributed by atoms with E-state index in [-0.39, 0.29) is 12.2 Å². The second kappa shape index (κ2) is 5.04. The van der Waals surface area contributed by atoms with Gasteiger partial charge in [-0.1, -0.05) is 0 Å². The Balaban J connectivity index is 1.69. The number of piperidine rings is 1. The minimum atomic E-state index is -0.153. The monoisotopic (exact) mass is 226 g/mol. The fourth-order valence-corrected chi connectivity index (χ4v) is 2.09. The minimum Gasteiger partial charge on any atom is -0.447 e. The molecule has 4 nitrogen and oxygen atoms in total. The number of ether oxygens (including phenoxy) is 1. The van der Waals surface area contributed by atoms with Crippen molar-refractivity contribution in [1.29, 1.82) is 0 Å². The molecule has 92 valence electrons. The van der Waals surface area contributed by atoms with E-state index in [4.69, 9.17) is 4.74 Å². The Labute approximate surface area is 97.3 Å². The molecule has 1 saturated carbocycles. The van der Waals surface area contributed by atoms with Crippen molar-refractivity contribution in [1.82, 2.24) is 10.2 Å². The summed E-state index contributed by atoms with van der Waals surface area (Å²) in [6.45, 7) is 5.43. The van der Waals surface area contributed by atoms with Crippen LogP contribution in [0.5, 0.6) is 0 Å². The topological polar surface area (TPSA) is 41.6 Å². The number of likely N-dealkylation sites (tertiary alicyclic amines) is 1. The Morgan fingerprint density at radius 2 is 1.75 bits per heavy atom. The molecular weight excluding hydrogens is 204 g/mol. The molecule has 1 aliphatic heterocycles. The highest BCUT2D eigenvalue weighted by Gasteiger charge is 2.28. The van der Waals surface area contributed by atoms with Crippen LogP contribution in [0.3, 0.4) is 0 Å². The highest BCUT2D eigenvalue weighted by Crippen LogP contribution is 2.22. The van der Waals surface area contributed by atoms with Crippen LogP contribution < -0.4 is 5.32 Å². The zero-order valence-corrected chi connectivity index (χ0v) is 10.2. The lowest BCUT2D eigenvalue weighted by Crippen LogP contribution is -2.46. The van der Waals surface area contributed by atoms with Gasteiger partial charge in [-0.25, -0.2) is 4.79 Å². The van der Waals surface area contributed by atoms with Gasteiger partial charge >= 0.3 is 6.09 Å². The average Bonchev–Trinajstić information content (AvgIpc) is 3.01. The van der Waals surface area contributed by atoms with Crippen molar-refractivity contribution in [2.24, 2.45) is 0 Å². The highest BCUT2D eigenvalue weighted by molar-refractivity contribution is 5.67. The van der Waals surface area contributed by atoms with Gasteiger partial charge in [-0.3, -0.25) is 0 Å². The van der Waals surface area contributed by atoms with Crippen molar-refractivity contribution in [3.8, 4) is 0 Å². The predicted molar refractivity (Wildman–Crippen MR) is 62.4 cm³/mol. The van der Waals surface area contributed by atoms with Gasteiger partial charge in [-0.2, -0.15) is 0 Å². The van der Waals surface area contributed by atoms with Gasteiger partial charge < -0.3 is 15.0 Å². The molecule has 16 heavy (non-hydrogen) atoms. The average molecular weight is 226 g/mol. The van der Waals surface area contributed by atoms with Gasteiger partial charge in [0.15, 0.2) is 0 Å². The molecule has 0 spiro atoms. The molecule has 1 amide bonds. The first kappa shape index (κ1) is 11.7. The summed E-state index contributed by atoms with van der Waals surface area (Å²) < 4.78 is 5.18. The van der Waals surface area contributed by atoms with Crippen molar-refractivity contribution >= 4 is 6.09 Å². The summed E-state index contributed by atoms with van der Waals surface area (Å²) in [5.41, 5.74) is 0. The summed E-state index contributed by atoms with van der Waals surface area (Å²) >= 11 is 0. The number of amides is 1. The van der Waals surface area contributed by atoms with Gasteiger partial charge in [0.2, 0.25) is 0 Å². The highest BCUT2D eigenvalue weighted by atomic mass is 16.6. The van der Waals surface area contributed by atoms with Gasteiger partial charge in [0.05, 0.1) is 6.10 Å². The SMILES string of the molecule is CC(C)OC(=O)N1CCC(NC2CC2)CC1. The zero-order valence-electron chi connectivity index (χ0n) is 10.2. The number of carbonyl (C=O) groups excluding carboxylic acids is 1. The molecule has 2 fully saturated rings. The molecule has 0 aromatic rings. The molecule has 1 saturated heterocycles. The molecule has 0 unspecified atom stereocenters. The van der Waals surface area contributed by atoms with Crippen LogP contribution in [0.25, 0.3) is 0 Å². The van der Waals surface area contributed by atoms with Gasteiger partial charge in [-0.05, 0) is 39.5 Å². The first-order valence-electron chi connectivity index (χ1n) is 6.37. The third-order valence-electron chi connectivity index (χ3n) is 3.14. The zero-order chi connectivity index (χ0) is 11.5. The Morgan fingerprint density at radius 3 is 2.25 bits per heavy atom. The summed E-state index contributed by atoms with van der Waals surface area (Å²) in [6, 6.07) is 1.37. The van der Waals surface area contributed by atoms with E-state index < -0.39 is 0 Å². The predicted octanol–water partition coefficient (Wildman–Crippen LogP) is 1.75. The van der Waals surface area contributed by atoms with Crippen molar-refractivity contribution in [3.05, 3.63) is 0 Å². The van der Waals surface area contributed by atoms with Crippen LogP contribution in [0, 0.1) is 0 Å². The molecule has 1 aliphatic carbocycles. The molecule has 2 aliphatic rings. The van der Waals surface area contributed by atoms with Crippen molar-refractivity contribution in [2.75, 3.05) is 13.1 Å². The second-order valence-corrected chi connectivity index (χ2v) is 5.13. The van der Waals surface area contributed by atoms with Crippen LogP contribution in [0.2, 0.25) is 0 Å². The van der Waals surface area contributed by atoms with Gasteiger partial charge in [-0.15, -0.1) is 0 Å². The van der Waals surface area contributed by atoms with E-state index in [1.807, 2.05) is 18.7 Å². The van der Waals surface area contributed by atoms with Crippen LogP contribution in [0.1, 0.15) is 39.5 Å². The third kappa shape index (κ3) is 3.37. The molecule has 2 rings (SSSR count). The smallest absolute Gasteiger partial charge is 0.410 e. The first-order valence-corrected chi connectivity index (χ1v) is 6.37. The molecule has 0 aromatic heterocycles. The van der Waals surface area contributed by atoms with Crippen LogP contribution >= 0.6 is 0 Å². The standard InChI is InChI=1S/C12H22N2O2/c1-9(2)16-12(15)14-7-5-11(6-8-14)13-10-3-4-10/h9-11,13H,3-8H2,1-2H3. The lowest BCUT2D eigenvalue weighted by atomic mass is 10.1. The maximum atomic E-state index is 11.6. The number of nitrogens with one attached hydrogen (secondary N) is 1. The molecule has 1 heterocycles. The van der Waals surface area contributed by atoms with Gasteiger partial charge in [0.25, 0.3) is 0 Å². The summed E-state index contributed by atoms with van der Waals surface area (Å²) in [7, 11) is 0. The second-order valence-electron chi connectivity index (χ2n) is 5.13. The summed E-state index contributed by atoms with van der Waals surface area (Å²) in [4.78, 5) is 13.5. The van der Waals surface area contributed by atoms with Crippen LogP contribution in [0.4, 0.5) is 4.79 Å². The van der Waals surface area contributed by atoms with Crippen LogP contribution in [-0.4, -0.2) is 42.3 Å². The maximum Gasteiger partial charge on any atom is 0.410 e. The lowest BCUT2D eigenvalue weighted by molar-refractivity contribution is 0.0678. The Hall–Kier alpha value is -0.770. The Morgan fingerprint density at radius 1 is 1.19 bits per heavy atom. The van der Waals surface area contributed by atoms with Gasteiger partial charge in [0.1, 0.15) is 0 Å². The van der Waals surface area contributed by atoms with E-state index in [0.717, 1.165) is 32.0 Å². The normalized spacial score (nSPS) is 22.6. The molecule has 4 heteroatoms. The fourth-order valence-electron chi connectivity index (χ4n) is 2.09. The largest absolute Gasteiger partial charge is 0.447 e. The van der Waals surface area contributed by atoms with Crippen molar-refractivity contribution in [3.63, 3.8) is 0 Å². The summed E-state index contributed by atoms with van der Waals surface area (Å²) in [5, 5.41) is 3.61. The molecule has 0 bridgehead atoms. The van der Waals surface area contributed by atoms with Crippen LogP contribution in [0.15, 0.2) is 0 Å². The molecule has 0 radical (unpaired) electrons. The van der Waals surface area contributed by atoms with E-state index in [2.05, 4.69) is 5.32 Å². The number of carbonyl (C=O) groups is 1. The van der Waals surface area contributed by atoms with Crippen molar-refractivity contribution in [2.45, 2.75) is 57.7 Å². The Bertz CT molecular complexity index is 243. The quantitative estimate of drug-likeness (QED) is 0.797. The summed E-state index contributed by atoms with van der Waals surface area (Å²) in [6.07, 6.45) is 4.60. The first-order chi connectivity index (χ1) is 7.65. The summed E-state index contributed by atoms with van der Waals surface area (Å²) in [5.74, 6) is 0. The third-order valence-corrected chi connectivity index (χ3v) is 3.14. The Kier molecular flexibility index (Phi) is 3.69. The van der Waals surface area contributed by atoms with Crippen LogP contribution in [-0.2, 0) is 4.74 Å². The fraction of sp³-hybridized carbons (Fsp3) is 0.917. The van der Waals surface area contributed by atoms with E-state index >= 15 is 0 Å². The molecule has 0 aromatic carbocycles. The maximum absolute atomic E-state index is 11.6. The molecular formula is C12H22N2O2. The number of hydrogen-bond acceptors (Lipinski definition) is 3. The van der Waals surface area contributed by atoms with E-state index in [9.17, 15) is 4.79 Å². The lowest BCUT2D eigenvalue weighted by Gasteiger charge is -2.32. The number of hydrogen-bond donors (Lipinski definition) is 1. The van der Waals surface area contributed by atoms with Crippen molar-refractivity contribution < 1.29 is 9.53 Å². The minimum absolute atomic E-state index is 0.0187. The molecule has 0 atom stereocenters. The van der Waals surface area contributed by atoms with Gasteiger partial charge in [0, 0.05) is 25.2 Å². The van der Waals surface area contributed by atoms with E-state index in [1.54, 1.807) is 0 Å². The number of nitrogens with zero attached hydrogens (tertiary/aromatic N) is 1. The van der Waals surface area contributed by atoms with E-state index in [0.29, 0.717) is 6.04 Å². The molecule has 1 N–H and O–H groups in total. The number of rotatable bonds is 3.